The molecule has 0 saturated heterocycles. The molecular weight excluding hydrogens is 202 g/mol. The lowest BCUT2D eigenvalue weighted by atomic mass is 10.2. The van der Waals surface area contributed by atoms with E-state index in [1.54, 1.807) is 0 Å². The minimum atomic E-state index is 0.980. The average Bonchev–Trinajstić information content (AvgIpc) is 2.16. The van der Waals surface area contributed by atoms with Gasteiger partial charge in [-0.1, -0.05) is 12.1 Å². The molecule has 0 spiro atoms. The molecular formula is C10H8ClNS. The van der Waals surface area contributed by atoms with Crippen molar-refractivity contribution in [3.05, 3.63) is 36.0 Å². The molecule has 2 aromatic rings. The Kier molecular flexibility index (Phi) is 2.42. The van der Waals surface area contributed by atoms with Gasteiger partial charge in [-0.25, -0.2) is 0 Å². The van der Waals surface area contributed by atoms with Crippen molar-refractivity contribution >= 4 is 32.6 Å². The Hall–Kier alpha value is -0.730. The van der Waals surface area contributed by atoms with Gasteiger partial charge in [-0.2, -0.15) is 0 Å². The summed E-state index contributed by atoms with van der Waals surface area (Å²) < 4.78 is 0. The van der Waals surface area contributed by atoms with E-state index < -0.39 is 0 Å². The average molecular weight is 210 g/mol. The maximum absolute atomic E-state index is 5.72. The summed E-state index contributed by atoms with van der Waals surface area (Å²) in [5.41, 5.74) is 2.15. The van der Waals surface area contributed by atoms with Crippen LogP contribution in [-0.4, -0.2) is 4.98 Å². The van der Waals surface area contributed by atoms with E-state index >= 15 is 0 Å². The van der Waals surface area contributed by atoms with Crippen LogP contribution in [0.2, 0.25) is 0 Å². The van der Waals surface area contributed by atoms with Gasteiger partial charge < -0.3 is 0 Å². The number of aromatic nitrogens is 1. The fraction of sp³-hybridized carbons (Fsp3) is 0.100. The van der Waals surface area contributed by atoms with Gasteiger partial charge in [-0.3, -0.25) is 4.98 Å². The molecule has 0 aliphatic rings. The number of nitrogens with zero attached hydrogens (tertiary/aromatic N) is 1. The molecule has 0 radical (unpaired) electrons. The number of pyridine rings is 1. The quantitative estimate of drug-likeness (QED) is 0.709. The van der Waals surface area contributed by atoms with Gasteiger partial charge in [0.1, 0.15) is 0 Å². The zero-order valence-electron chi connectivity index (χ0n) is 7.12. The fourth-order valence-electron chi connectivity index (χ4n) is 1.31. The second-order valence-electron chi connectivity index (χ2n) is 2.92. The SMILES string of the molecule is Cc1cnc2c(SCl)cccc2c1. The summed E-state index contributed by atoms with van der Waals surface area (Å²) in [4.78, 5) is 5.36. The highest BCUT2D eigenvalue weighted by Crippen LogP contribution is 2.28. The molecule has 1 aromatic carbocycles. The molecule has 0 fully saturated rings. The first kappa shape index (κ1) is 8.85. The highest BCUT2D eigenvalue weighted by molar-refractivity contribution is 8.21. The van der Waals surface area contributed by atoms with Crippen molar-refractivity contribution in [2.45, 2.75) is 11.8 Å². The third-order valence-electron chi connectivity index (χ3n) is 1.89. The van der Waals surface area contributed by atoms with E-state index in [0.29, 0.717) is 0 Å². The monoisotopic (exact) mass is 209 g/mol. The van der Waals surface area contributed by atoms with Crippen molar-refractivity contribution in [1.29, 1.82) is 0 Å². The van der Waals surface area contributed by atoms with Crippen LogP contribution in [0, 0.1) is 6.92 Å². The first-order valence-corrected chi connectivity index (χ1v) is 5.59. The molecule has 1 heterocycles. The van der Waals surface area contributed by atoms with Crippen LogP contribution >= 0.6 is 21.7 Å². The Morgan fingerprint density at radius 3 is 3.00 bits per heavy atom. The lowest BCUT2D eigenvalue weighted by molar-refractivity contribution is 1.30. The van der Waals surface area contributed by atoms with Crippen LogP contribution < -0.4 is 0 Å². The summed E-state index contributed by atoms with van der Waals surface area (Å²) in [6.45, 7) is 2.03. The Balaban J connectivity index is 2.77. The molecule has 1 nitrogen and oxygen atoms in total. The standard InChI is InChI=1S/C10H8ClNS/c1-7-5-8-3-2-4-9(13-11)10(8)12-6-7/h2-6H,1H3. The third-order valence-corrected chi connectivity index (χ3v) is 2.89. The number of aryl methyl sites for hydroxylation is 1. The Bertz CT molecular complexity index is 442. The van der Waals surface area contributed by atoms with Crippen molar-refractivity contribution in [3.63, 3.8) is 0 Å². The minimum absolute atomic E-state index is 0.980. The van der Waals surface area contributed by atoms with Crippen LogP contribution in [-0.2, 0) is 0 Å². The molecule has 0 aliphatic heterocycles. The minimum Gasteiger partial charge on any atom is -0.255 e. The molecule has 13 heavy (non-hydrogen) atoms. The van der Waals surface area contributed by atoms with Gasteiger partial charge in [0, 0.05) is 16.5 Å². The van der Waals surface area contributed by atoms with Crippen LogP contribution in [0.3, 0.4) is 0 Å². The van der Waals surface area contributed by atoms with E-state index in [4.69, 9.17) is 10.7 Å². The summed E-state index contributed by atoms with van der Waals surface area (Å²) >= 11 is 0. The molecule has 1 aromatic heterocycles. The summed E-state index contributed by atoms with van der Waals surface area (Å²) in [7, 11) is 6.94. The number of benzene rings is 1. The fourth-order valence-corrected chi connectivity index (χ4v) is 2.05. The van der Waals surface area contributed by atoms with Gasteiger partial charge in [0.15, 0.2) is 0 Å². The van der Waals surface area contributed by atoms with E-state index in [2.05, 4.69) is 11.1 Å². The predicted octanol–water partition coefficient (Wildman–Crippen LogP) is 3.79. The topological polar surface area (TPSA) is 12.9 Å². The Morgan fingerprint density at radius 2 is 2.23 bits per heavy atom. The number of para-hydroxylation sites is 1. The van der Waals surface area contributed by atoms with Crippen LogP contribution in [0.5, 0.6) is 0 Å². The van der Waals surface area contributed by atoms with E-state index in [1.165, 1.54) is 16.5 Å². The van der Waals surface area contributed by atoms with Crippen molar-refractivity contribution in [3.8, 4) is 0 Å². The smallest absolute Gasteiger partial charge is 0.0850 e. The van der Waals surface area contributed by atoms with E-state index in [0.717, 1.165) is 15.8 Å². The van der Waals surface area contributed by atoms with Gasteiger partial charge in [0.25, 0.3) is 0 Å². The highest BCUT2D eigenvalue weighted by Gasteiger charge is 2.00. The Labute approximate surface area is 85.6 Å². The number of hydrogen-bond donors (Lipinski definition) is 0. The summed E-state index contributed by atoms with van der Waals surface area (Å²) in [5.74, 6) is 0. The normalized spacial score (nSPS) is 10.6. The zero-order chi connectivity index (χ0) is 9.26. The third kappa shape index (κ3) is 1.64. The summed E-state index contributed by atoms with van der Waals surface area (Å²) in [6.07, 6.45) is 1.86. The summed E-state index contributed by atoms with van der Waals surface area (Å²) in [5, 5.41) is 1.14. The maximum Gasteiger partial charge on any atom is 0.0850 e. The molecule has 2 rings (SSSR count). The zero-order valence-corrected chi connectivity index (χ0v) is 8.69. The van der Waals surface area contributed by atoms with Crippen molar-refractivity contribution in [2.24, 2.45) is 0 Å². The molecule has 0 aliphatic carbocycles. The lowest BCUT2D eigenvalue weighted by Gasteiger charge is -2.01. The molecule has 0 amide bonds. The van der Waals surface area contributed by atoms with Crippen molar-refractivity contribution in [2.75, 3.05) is 0 Å². The first-order chi connectivity index (χ1) is 6.31. The second kappa shape index (κ2) is 3.56. The number of halogens is 1. The van der Waals surface area contributed by atoms with E-state index in [9.17, 15) is 0 Å². The van der Waals surface area contributed by atoms with Crippen LogP contribution in [0.1, 0.15) is 5.56 Å². The molecule has 0 saturated carbocycles. The molecule has 0 unspecified atom stereocenters. The number of fused-ring (bicyclic) bond motifs is 1. The van der Waals surface area contributed by atoms with Crippen molar-refractivity contribution in [1.82, 2.24) is 4.98 Å². The lowest BCUT2D eigenvalue weighted by Crippen LogP contribution is -1.82. The van der Waals surface area contributed by atoms with Gasteiger partial charge in [-0.05, 0) is 46.3 Å². The van der Waals surface area contributed by atoms with Gasteiger partial charge in [0.05, 0.1) is 5.52 Å². The summed E-state index contributed by atoms with van der Waals surface area (Å²) in [6, 6.07) is 8.13. The van der Waals surface area contributed by atoms with Gasteiger partial charge >= 0.3 is 0 Å². The van der Waals surface area contributed by atoms with Gasteiger partial charge in [0.2, 0.25) is 0 Å². The second-order valence-corrected chi connectivity index (χ2v) is 3.97. The van der Waals surface area contributed by atoms with Crippen LogP contribution in [0.4, 0.5) is 0 Å². The van der Waals surface area contributed by atoms with Crippen LogP contribution in [0.15, 0.2) is 35.4 Å². The largest absolute Gasteiger partial charge is 0.255 e. The maximum atomic E-state index is 5.72. The van der Waals surface area contributed by atoms with Gasteiger partial charge in [-0.15, -0.1) is 0 Å². The molecule has 0 atom stereocenters. The number of rotatable bonds is 1. The van der Waals surface area contributed by atoms with E-state index in [1.807, 2.05) is 31.3 Å². The molecule has 0 N–H and O–H groups in total. The molecule has 0 bridgehead atoms. The molecule has 3 heteroatoms. The van der Waals surface area contributed by atoms with Crippen LogP contribution in [0.25, 0.3) is 10.9 Å². The Morgan fingerprint density at radius 1 is 1.38 bits per heavy atom. The molecule has 66 valence electrons. The van der Waals surface area contributed by atoms with Crippen molar-refractivity contribution < 1.29 is 0 Å². The first-order valence-electron chi connectivity index (χ1n) is 3.95. The predicted molar refractivity (Wildman–Crippen MR) is 58.2 cm³/mol. The highest BCUT2D eigenvalue weighted by atomic mass is 35.7. The number of hydrogen-bond acceptors (Lipinski definition) is 2. The van der Waals surface area contributed by atoms with E-state index in [-0.39, 0.29) is 0 Å².